The molecule has 0 saturated heterocycles. The molecule has 0 aliphatic carbocycles. The van der Waals surface area contributed by atoms with E-state index >= 15 is 0 Å². The van der Waals surface area contributed by atoms with E-state index in [0.717, 1.165) is 17.7 Å². The Balaban J connectivity index is 1.32. The normalized spacial score (nSPS) is 12.2. The lowest BCUT2D eigenvalue weighted by atomic mass is 10.1. The first-order chi connectivity index (χ1) is 12.3. The molecule has 0 spiro atoms. The molecule has 2 aromatic carbocycles. The first kappa shape index (κ1) is 15.3. The number of carbonyl (C=O) groups is 1. The zero-order chi connectivity index (χ0) is 17.1. The second-order valence-electron chi connectivity index (χ2n) is 5.69. The zero-order valence-electron chi connectivity index (χ0n) is 13.5. The van der Waals surface area contributed by atoms with E-state index in [2.05, 4.69) is 10.4 Å². The molecule has 0 radical (unpaired) electrons. The highest BCUT2D eigenvalue weighted by Gasteiger charge is 2.15. The summed E-state index contributed by atoms with van der Waals surface area (Å²) in [5.74, 6) is 1.17. The van der Waals surface area contributed by atoms with Gasteiger partial charge in [0.25, 0.3) is 5.91 Å². The van der Waals surface area contributed by atoms with Crippen LogP contribution in [0.3, 0.4) is 0 Å². The molecule has 1 amide bonds. The molecule has 0 atom stereocenters. The van der Waals surface area contributed by atoms with Crippen LogP contribution in [0.4, 0.5) is 0 Å². The molecule has 1 aliphatic rings. The molecule has 1 N–H and O–H groups in total. The maximum absolute atomic E-state index is 12.2. The van der Waals surface area contributed by atoms with Crippen molar-refractivity contribution in [3.63, 3.8) is 0 Å². The Bertz CT molecular complexity index is 873. The van der Waals surface area contributed by atoms with Gasteiger partial charge in [-0.25, -0.2) is 4.68 Å². The van der Waals surface area contributed by atoms with Gasteiger partial charge in [0.2, 0.25) is 6.79 Å². The molecule has 1 aromatic heterocycles. The van der Waals surface area contributed by atoms with Gasteiger partial charge in [0.1, 0.15) is 0 Å². The molecule has 0 unspecified atom stereocenters. The first-order valence-electron chi connectivity index (χ1n) is 8.06. The minimum absolute atomic E-state index is 0.119. The average molecular weight is 335 g/mol. The van der Waals surface area contributed by atoms with Crippen LogP contribution in [-0.2, 0) is 6.42 Å². The summed E-state index contributed by atoms with van der Waals surface area (Å²) in [6.07, 6.45) is 4.41. The predicted octanol–water partition coefficient (Wildman–Crippen LogP) is 2.57. The number of carbonyl (C=O) groups excluding carboxylic acids is 1. The first-order valence-corrected chi connectivity index (χ1v) is 8.06. The quantitative estimate of drug-likeness (QED) is 0.778. The van der Waals surface area contributed by atoms with Crippen molar-refractivity contribution in [1.29, 1.82) is 0 Å². The minimum Gasteiger partial charge on any atom is -0.454 e. The number of hydrogen-bond acceptors (Lipinski definition) is 4. The molecule has 6 heteroatoms. The van der Waals surface area contributed by atoms with Gasteiger partial charge in [-0.15, -0.1) is 0 Å². The highest BCUT2D eigenvalue weighted by Crippen LogP contribution is 2.32. The fourth-order valence-electron chi connectivity index (χ4n) is 2.70. The number of ether oxygens (including phenoxy) is 2. The summed E-state index contributed by atoms with van der Waals surface area (Å²) < 4.78 is 12.4. The summed E-state index contributed by atoms with van der Waals surface area (Å²) in [5.41, 5.74) is 2.73. The van der Waals surface area contributed by atoms with E-state index in [4.69, 9.17) is 9.47 Å². The monoisotopic (exact) mass is 335 g/mol. The minimum atomic E-state index is -0.119. The summed E-state index contributed by atoms with van der Waals surface area (Å²) in [5, 5.41) is 7.13. The average Bonchev–Trinajstić information content (AvgIpc) is 3.33. The van der Waals surface area contributed by atoms with Crippen molar-refractivity contribution < 1.29 is 14.3 Å². The molecule has 0 bridgehead atoms. The Labute approximate surface area is 145 Å². The second-order valence-corrected chi connectivity index (χ2v) is 5.69. The number of amides is 1. The van der Waals surface area contributed by atoms with E-state index in [-0.39, 0.29) is 12.7 Å². The van der Waals surface area contributed by atoms with Crippen LogP contribution in [-0.4, -0.2) is 29.0 Å². The van der Waals surface area contributed by atoms with E-state index in [9.17, 15) is 4.79 Å². The van der Waals surface area contributed by atoms with E-state index in [0.29, 0.717) is 23.6 Å². The van der Waals surface area contributed by atoms with Crippen LogP contribution in [0, 0.1) is 0 Å². The molecule has 6 nitrogen and oxygen atoms in total. The van der Waals surface area contributed by atoms with Crippen molar-refractivity contribution in [1.82, 2.24) is 15.1 Å². The predicted molar refractivity (Wildman–Crippen MR) is 92.2 cm³/mol. The Hall–Kier alpha value is -3.28. The van der Waals surface area contributed by atoms with Crippen LogP contribution in [0.15, 0.2) is 60.9 Å². The molecule has 0 fully saturated rings. The van der Waals surface area contributed by atoms with Crippen LogP contribution in [0.2, 0.25) is 0 Å². The summed E-state index contributed by atoms with van der Waals surface area (Å²) >= 11 is 0. The van der Waals surface area contributed by atoms with Crippen LogP contribution >= 0.6 is 0 Å². The maximum Gasteiger partial charge on any atom is 0.251 e. The van der Waals surface area contributed by atoms with Gasteiger partial charge in [-0.2, -0.15) is 5.10 Å². The van der Waals surface area contributed by atoms with Gasteiger partial charge in [0.15, 0.2) is 11.5 Å². The summed E-state index contributed by atoms with van der Waals surface area (Å²) in [7, 11) is 0. The zero-order valence-corrected chi connectivity index (χ0v) is 13.5. The molecule has 0 saturated carbocycles. The molecule has 1 aliphatic heterocycles. The Morgan fingerprint density at radius 1 is 1.12 bits per heavy atom. The van der Waals surface area contributed by atoms with Crippen LogP contribution < -0.4 is 14.8 Å². The number of hydrogen-bond donors (Lipinski definition) is 1. The molecule has 3 aromatic rings. The van der Waals surface area contributed by atoms with Crippen molar-refractivity contribution in [2.75, 3.05) is 13.3 Å². The Morgan fingerprint density at radius 3 is 2.76 bits per heavy atom. The third-order valence-electron chi connectivity index (χ3n) is 4.04. The van der Waals surface area contributed by atoms with Crippen molar-refractivity contribution in [3.8, 4) is 17.2 Å². The van der Waals surface area contributed by atoms with Gasteiger partial charge < -0.3 is 14.8 Å². The molecular formula is C19H17N3O3. The van der Waals surface area contributed by atoms with E-state index in [1.54, 1.807) is 24.4 Å². The molecular weight excluding hydrogens is 318 g/mol. The number of nitrogens with zero attached hydrogens (tertiary/aromatic N) is 2. The van der Waals surface area contributed by atoms with Crippen LogP contribution in [0.1, 0.15) is 15.9 Å². The lowest BCUT2D eigenvalue weighted by Gasteiger charge is -2.07. The number of fused-ring (bicyclic) bond motifs is 1. The highest BCUT2D eigenvalue weighted by molar-refractivity contribution is 5.94. The van der Waals surface area contributed by atoms with Gasteiger partial charge >= 0.3 is 0 Å². The van der Waals surface area contributed by atoms with E-state index < -0.39 is 0 Å². The van der Waals surface area contributed by atoms with Crippen molar-refractivity contribution in [3.05, 3.63) is 72.1 Å². The summed E-state index contributed by atoms with van der Waals surface area (Å²) in [4.78, 5) is 12.2. The highest BCUT2D eigenvalue weighted by atomic mass is 16.7. The third kappa shape index (κ3) is 3.33. The number of aromatic nitrogens is 2. The van der Waals surface area contributed by atoms with E-state index in [1.807, 2.05) is 41.2 Å². The molecule has 4 rings (SSSR count). The maximum atomic E-state index is 12.2. The van der Waals surface area contributed by atoms with Crippen molar-refractivity contribution in [2.24, 2.45) is 0 Å². The SMILES string of the molecule is O=C(NCCc1ccc(-n2cccn2)cc1)c1ccc2c(c1)OCO2. The van der Waals surface area contributed by atoms with Crippen LogP contribution in [0.5, 0.6) is 11.5 Å². The fourth-order valence-corrected chi connectivity index (χ4v) is 2.70. The van der Waals surface area contributed by atoms with E-state index in [1.165, 1.54) is 0 Å². The second kappa shape index (κ2) is 6.68. The summed E-state index contributed by atoms with van der Waals surface area (Å²) in [6.45, 7) is 0.767. The fraction of sp³-hybridized carbons (Fsp3) is 0.158. The van der Waals surface area contributed by atoms with Crippen molar-refractivity contribution in [2.45, 2.75) is 6.42 Å². The van der Waals surface area contributed by atoms with Gasteiger partial charge in [-0.05, 0) is 48.4 Å². The standard InChI is InChI=1S/C19H17N3O3/c23-19(15-4-7-17-18(12-15)25-13-24-17)20-10-8-14-2-5-16(6-3-14)22-11-1-9-21-22/h1-7,9,11-12H,8,10,13H2,(H,20,23). The topological polar surface area (TPSA) is 65.4 Å². The smallest absolute Gasteiger partial charge is 0.251 e. The lowest BCUT2D eigenvalue weighted by Crippen LogP contribution is -2.25. The van der Waals surface area contributed by atoms with Gasteiger partial charge in [-0.3, -0.25) is 4.79 Å². The summed E-state index contributed by atoms with van der Waals surface area (Å²) in [6, 6.07) is 15.2. The van der Waals surface area contributed by atoms with Crippen molar-refractivity contribution >= 4 is 5.91 Å². The molecule has 2 heterocycles. The number of nitrogens with one attached hydrogen (secondary N) is 1. The largest absolute Gasteiger partial charge is 0.454 e. The van der Waals surface area contributed by atoms with Gasteiger partial charge in [0.05, 0.1) is 5.69 Å². The number of rotatable bonds is 5. The van der Waals surface area contributed by atoms with Gasteiger partial charge in [0, 0.05) is 24.5 Å². The Kier molecular flexibility index (Phi) is 4.08. The molecule has 126 valence electrons. The molecule has 25 heavy (non-hydrogen) atoms. The number of benzene rings is 2. The van der Waals surface area contributed by atoms with Crippen LogP contribution in [0.25, 0.3) is 5.69 Å². The Morgan fingerprint density at radius 2 is 1.96 bits per heavy atom. The third-order valence-corrected chi connectivity index (χ3v) is 4.04. The lowest BCUT2D eigenvalue weighted by molar-refractivity contribution is 0.0953. The van der Waals surface area contributed by atoms with Gasteiger partial charge in [-0.1, -0.05) is 12.1 Å².